The highest BCUT2D eigenvalue weighted by molar-refractivity contribution is 5.95. The van der Waals surface area contributed by atoms with Crippen LogP contribution in [0.3, 0.4) is 0 Å². The fraction of sp³-hybridized carbons (Fsp3) is 0.526. The third-order valence-corrected chi connectivity index (χ3v) is 4.80. The first-order valence-electron chi connectivity index (χ1n) is 8.78. The molecule has 2 fully saturated rings. The smallest absolute Gasteiger partial charge is 0.328 e. The fourth-order valence-corrected chi connectivity index (χ4v) is 3.57. The van der Waals surface area contributed by atoms with Crippen LogP contribution in [0.1, 0.15) is 40.7 Å². The van der Waals surface area contributed by atoms with Gasteiger partial charge < -0.3 is 15.0 Å². The van der Waals surface area contributed by atoms with Crippen molar-refractivity contribution in [2.24, 2.45) is 5.92 Å². The van der Waals surface area contributed by atoms with Crippen molar-refractivity contribution in [1.82, 2.24) is 10.2 Å². The highest BCUT2D eigenvalue weighted by atomic mass is 16.5. The summed E-state index contributed by atoms with van der Waals surface area (Å²) in [5.41, 5.74) is 2.77. The van der Waals surface area contributed by atoms with Crippen LogP contribution in [0.25, 0.3) is 0 Å². The number of amides is 2. The molecule has 0 unspecified atom stereocenters. The predicted octanol–water partition coefficient (Wildman–Crippen LogP) is 1.59. The molecule has 0 aromatic heterocycles. The van der Waals surface area contributed by atoms with Crippen LogP contribution in [-0.4, -0.2) is 48.4 Å². The number of piperidine rings is 1. The van der Waals surface area contributed by atoms with E-state index in [-0.39, 0.29) is 23.7 Å². The zero-order valence-corrected chi connectivity index (χ0v) is 14.7. The molecule has 6 heteroatoms. The Kier molecular flexibility index (Phi) is 5.06. The topological polar surface area (TPSA) is 75.7 Å². The average molecular weight is 344 g/mol. The maximum atomic E-state index is 12.8. The number of ether oxygens (including phenoxy) is 1. The Morgan fingerprint density at radius 2 is 1.88 bits per heavy atom. The van der Waals surface area contributed by atoms with Crippen molar-refractivity contribution in [2.75, 3.05) is 19.7 Å². The van der Waals surface area contributed by atoms with Gasteiger partial charge >= 0.3 is 5.97 Å². The van der Waals surface area contributed by atoms with Gasteiger partial charge in [0.2, 0.25) is 5.91 Å². The number of hydrogen-bond donors (Lipinski definition) is 1. The maximum Gasteiger partial charge on any atom is 0.328 e. The minimum atomic E-state index is -0.544. The Morgan fingerprint density at radius 1 is 1.16 bits per heavy atom. The molecule has 2 aliphatic heterocycles. The van der Waals surface area contributed by atoms with Crippen molar-refractivity contribution in [2.45, 2.75) is 39.2 Å². The lowest BCUT2D eigenvalue weighted by Gasteiger charge is -2.32. The Balaban J connectivity index is 1.65. The van der Waals surface area contributed by atoms with E-state index in [1.54, 1.807) is 4.90 Å². The van der Waals surface area contributed by atoms with Crippen LogP contribution in [0.4, 0.5) is 0 Å². The van der Waals surface area contributed by atoms with Gasteiger partial charge in [-0.2, -0.15) is 0 Å². The molecular formula is C19H24N2O4. The zero-order chi connectivity index (χ0) is 18.0. The van der Waals surface area contributed by atoms with Crippen LogP contribution >= 0.6 is 0 Å². The molecular weight excluding hydrogens is 320 g/mol. The SMILES string of the molecule is Cc1cc(C)cc(C(=O)N2CCC[C@@H](C(=O)N[C@H]3CCOC3=O)C2)c1. The number of esters is 1. The highest BCUT2D eigenvalue weighted by Crippen LogP contribution is 2.21. The predicted molar refractivity (Wildman–Crippen MR) is 92.1 cm³/mol. The summed E-state index contributed by atoms with van der Waals surface area (Å²) in [7, 11) is 0. The van der Waals surface area contributed by atoms with Crippen molar-refractivity contribution in [3.05, 3.63) is 34.9 Å². The number of carbonyl (C=O) groups is 3. The van der Waals surface area contributed by atoms with Gasteiger partial charge in [0.15, 0.2) is 0 Å². The van der Waals surface area contributed by atoms with Crippen LogP contribution in [0.15, 0.2) is 18.2 Å². The Hall–Kier alpha value is -2.37. The fourth-order valence-electron chi connectivity index (χ4n) is 3.57. The summed E-state index contributed by atoms with van der Waals surface area (Å²) < 4.78 is 4.88. The molecule has 134 valence electrons. The molecule has 2 saturated heterocycles. The lowest BCUT2D eigenvalue weighted by Crippen LogP contribution is -2.48. The van der Waals surface area contributed by atoms with E-state index >= 15 is 0 Å². The van der Waals surface area contributed by atoms with E-state index in [0.717, 1.165) is 24.0 Å². The first-order valence-corrected chi connectivity index (χ1v) is 8.78. The molecule has 2 atom stereocenters. The third kappa shape index (κ3) is 4.00. The van der Waals surface area contributed by atoms with Gasteiger partial charge in [-0.1, -0.05) is 17.2 Å². The number of rotatable bonds is 3. The summed E-state index contributed by atoms with van der Waals surface area (Å²) >= 11 is 0. The summed E-state index contributed by atoms with van der Waals surface area (Å²) in [5, 5.41) is 2.76. The first kappa shape index (κ1) is 17.5. The molecule has 2 heterocycles. The standard InChI is InChI=1S/C19H24N2O4/c1-12-8-13(2)10-15(9-12)18(23)21-6-3-4-14(11-21)17(22)20-16-5-7-25-19(16)24/h8-10,14,16H,3-7,11H2,1-2H3,(H,20,22)/t14-,16+/m1/s1. The van der Waals surface area contributed by atoms with E-state index in [2.05, 4.69) is 5.32 Å². The Labute approximate surface area is 147 Å². The summed E-state index contributed by atoms with van der Waals surface area (Å²) in [5.74, 6) is -0.851. The normalized spacial score (nSPS) is 23.3. The molecule has 1 aromatic carbocycles. The number of hydrogen-bond acceptors (Lipinski definition) is 4. The van der Waals surface area contributed by atoms with Crippen LogP contribution in [0, 0.1) is 19.8 Å². The van der Waals surface area contributed by atoms with Gasteiger partial charge in [-0.05, 0) is 38.8 Å². The van der Waals surface area contributed by atoms with Crippen LogP contribution in [0.5, 0.6) is 0 Å². The maximum absolute atomic E-state index is 12.8. The number of carbonyl (C=O) groups excluding carboxylic acids is 3. The number of aryl methyl sites for hydroxylation is 2. The molecule has 0 spiro atoms. The van der Waals surface area contributed by atoms with Crippen molar-refractivity contribution in [1.29, 1.82) is 0 Å². The molecule has 1 aromatic rings. The van der Waals surface area contributed by atoms with Crippen molar-refractivity contribution >= 4 is 17.8 Å². The van der Waals surface area contributed by atoms with E-state index in [1.807, 2.05) is 32.0 Å². The molecule has 0 saturated carbocycles. The second-order valence-corrected chi connectivity index (χ2v) is 6.98. The van der Waals surface area contributed by atoms with E-state index in [1.165, 1.54) is 0 Å². The molecule has 6 nitrogen and oxygen atoms in total. The molecule has 1 N–H and O–H groups in total. The van der Waals surface area contributed by atoms with Crippen LogP contribution < -0.4 is 5.32 Å². The summed E-state index contributed by atoms with van der Waals surface area (Å²) in [6, 6.07) is 5.25. The summed E-state index contributed by atoms with van der Waals surface area (Å²) in [6.07, 6.45) is 2.02. The van der Waals surface area contributed by atoms with Crippen molar-refractivity contribution in [3.8, 4) is 0 Å². The molecule has 2 aliphatic rings. The quantitative estimate of drug-likeness (QED) is 0.845. The molecule has 0 bridgehead atoms. The lowest BCUT2D eigenvalue weighted by atomic mass is 9.95. The van der Waals surface area contributed by atoms with E-state index in [9.17, 15) is 14.4 Å². The number of likely N-dealkylation sites (tertiary alicyclic amines) is 1. The minimum Gasteiger partial charge on any atom is -0.464 e. The van der Waals surface area contributed by atoms with Gasteiger partial charge in [0.25, 0.3) is 5.91 Å². The number of nitrogens with one attached hydrogen (secondary N) is 1. The van der Waals surface area contributed by atoms with Gasteiger partial charge in [-0.3, -0.25) is 9.59 Å². The van der Waals surface area contributed by atoms with Gasteiger partial charge in [-0.15, -0.1) is 0 Å². The first-order chi connectivity index (χ1) is 11.9. The lowest BCUT2D eigenvalue weighted by molar-refractivity contribution is -0.142. The van der Waals surface area contributed by atoms with Gasteiger partial charge in [0.05, 0.1) is 12.5 Å². The van der Waals surface area contributed by atoms with E-state index in [0.29, 0.717) is 31.7 Å². The second kappa shape index (κ2) is 7.25. The monoisotopic (exact) mass is 344 g/mol. The Bertz CT molecular complexity index is 680. The van der Waals surface area contributed by atoms with Gasteiger partial charge in [-0.25, -0.2) is 4.79 Å². The van der Waals surface area contributed by atoms with Crippen molar-refractivity contribution < 1.29 is 19.1 Å². The van der Waals surface area contributed by atoms with E-state index < -0.39 is 6.04 Å². The largest absolute Gasteiger partial charge is 0.464 e. The Morgan fingerprint density at radius 3 is 2.52 bits per heavy atom. The van der Waals surface area contributed by atoms with Crippen LogP contribution in [-0.2, 0) is 14.3 Å². The molecule has 3 rings (SSSR count). The number of nitrogens with zero attached hydrogens (tertiary/aromatic N) is 1. The molecule has 25 heavy (non-hydrogen) atoms. The van der Waals surface area contributed by atoms with E-state index in [4.69, 9.17) is 4.74 Å². The molecule has 0 aliphatic carbocycles. The zero-order valence-electron chi connectivity index (χ0n) is 14.7. The number of benzene rings is 1. The highest BCUT2D eigenvalue weighted by Gasteiger charge is 2.33. The molecule has 0 radical (unpaired) electrons. The van der Waals surface area contributed by atoms with Crippen LogP contribution in [0.2, 0.25) is 0 Å². The number of cyclic esters (lactones) is 1. The summed E-state index contributed by atoms with van der Waals surface area (Å²) in [6.45, 7) is 5.33. The van der Waals surface area contributed by atoms with Crippen molar-refractivity contribution in [3.63, 3.8) is 0 Å². The summed E-state index contributed by atoms with van der Waals surface area (Å²) in [4.78, 5) is 38.5. The third-order valence-electron chi connectivity index (χ3n) is 4.80. The molecule has 2 amide bonds. The minimum absolute atomic E-state index is 0.0374. The van der Waals surface area contributed by atoms with Gasteiger partial charge in [0.1, 0.15) is 6.04 Å². The van der Waals surface area contributed by atoms with Gasteiger partial charge in [0, 0.05) is 25.1 Å². The second-order valence-electron chi connectivity index (χ2n) is 6.98. The average Bonchev–Trinajstić information content (AvgIpc) is 2.98.